The summed E-state index contributed by atoms with van der Waals surface area (Å²) in [5.74, 6) is -1.19. The molecule has 1 N–H and O–H groups in total. The Morgan fingerprint density at radius 1 is 1.40 bits per heavy atom. The lowest BCUT2D eigenvalue weighted by Gasteiger charge is -2.00. The quantitative estimate of drug-likeness (QED) is 0.813. The molecule has 1 heterocycles. The summed E-state index contributed by atoms with van der Waals surface area (Å²) in [5.41, 5.74) is 0.165. The maximum atomic E-state index is 13.5. The van der Waals surface area contributed by atoms with Gasteiger partial charge in [0.1, 0.15) is 5.82 Å². The molecular weight excluding hydrogens is 265 g/mol. The van der Waals surface area contributed by atoms with Gasteiger partial charge in [-0.05, 0) is 18.6 Å². The summed E-state index contributed by atoms with van der Waals surface area (Å²) in [7, 11) is 1.58. The third-order valence-corrected chi connectivity index (χ3v) is 2.53. The number of hydrogen-bond acceptors (Lipinski definition) is 5. The van der Waals surface area contributed by atoms with Crippen molar-refractivity contribution in [2.45, 2.75) is 6.42 Å². The van der Waals surface area contributed by atoms with E-state index in [1.165, 1.54) is 12.1 Å². The van der Waals surface area contributed by atoms with Crippen molar-refractivity contribution < 1.29 is 18.3 Å². The van der Waals surface area contributed by atoms with Crippen LogP contribution in [0.15, 0.2) is 28.7 Å². The number of ether oxygens (including phenoxy) is 1. The minimum atomic E-state index is -0.490. The van der Waals surface area contributed by atoms with Crippen molar-refractivity contribution in [3.05, 3.63) is 36.0 Å². The SMILES string of the molecule is COCCCNC(=O)c1nnc(-c2ccccc2F)o1. The first-order valence-electron chi connectivity index (χ1n) is 6.08. The van der Waals surface area contributed by atoms with Gasteiger partial charge in [0.2, 0.25) is 0 Å². The van der Waals surface area contributed by atoms with Crippen molar-refractivity contribution in [1.29, 1.82) is 0 Å². The van der Waals surface area contributed by atoms with E-state index < -0.39 is 11.7 Å². The number of benzene rings is 1. The third-order valence-electron chi connectivity index (χ3n) is 2.53. The largest absolute Gasteiger partial charge is 0.412 e. The molecule has 106 valence electrons. The van der Waals surface area contributed by atoms with Gasteiger partial charge in [-0.1, -0.05) is 12.1 Å². The number of carbonyl (C=O) groups is 1. The molecule has 0 saturated carbocycles. The Hall–Kier alpha value is -2.28. The van der Waals surface area contributed by atoms with E-state index in [1.54, 1.807) is 19.2 Å². The molecule has 0 bridgehead atoms. The molecule has 0 saturated heterocycles. The molecule has 0 radical (unpaired) electrons. The van der Waals surface area contributed by atoms with Crippen LogP contribution in [0.4, 0.5) is 4.39 Å². The van der Waals surface area contributed by atoms with Gasteiger partial charge in [0, 0.05) is 20.3 Å². The van der Waals surface area contributed by atoms with Crippen molar-refractivity contribution in [2.24, 2.45) is 0 Å². The van der Waals surface area contributed by atoms with Gasteiger partial charge in [-0.2, -0.15) is 0 Å². The average Bonchev–Trinajstić information content (AvgIpc) is 2.93. The Morgan fingerprint density at radius 3 is 2.95 bits per heavy atom. The van der Waals surface area contributed by atoms with E-state index in [0.717, 1.165) is 0 Å². The zero-order valence-corrected chi connectivity index (χ0v) is 10.9. The van der Waals surface area contributed by atoms with Gasteiger partial charge in [0.15, 0.2) is 0 Å². The maximum Gasteiger partial charge on any atom is 0.308 e. The lowest BCUT2D eigenvalue weighted by Crippen LogP contribution is -2.25. The standard InChI is InChI=1S/C13H14FN3O3/c1-19-8-4-7-15-11(18)13-17-16-12(20-13)9-5-2-3-6-10(9)14/h2-3,5-6H,4,7-8H2,1H3,(H,15,18). The number of rotatable bonds is 6. The summed E-state index contributed by atoms with van der Waals surface area (Å²) in [4.78, 5) is 11.7. The van der Waals surface area contributed by atoms with Crippen molar-refractivity contribution in [2.75, 3.05) is 20.3 Å². The second kappa shape index (κ2) is 6.76. The molecule has 2 aromatic rings. The Balaban J connectivity index is 2.02. The lowest BCUT2D eigenvalue weighted by atomic mass is 10.2. The van der Waals surface area contributed by atoms with Crippen LogP contribution in [0.25, 0.3) is 11.5 Å². The van der Waals surface area contributed by atoms with Gasteiger partial charge >= 0.3 is 11.8 Å². The second-order valence-electron chi connectivity index (χ2n) is 3.99. The molecule has 7 heteroatoms. The van der Waals surface area contributed by atoms with Crippen LogP contribution in [0.3, 0.4) is 0 Å². The predicted octanol–water partition coefficient (Wildman–Crippen LogP) is 1.64. The highest BCUT2D eigenvalue weighted by molar-refractivity contribution is 5.89. The summed E-state index contributed by atoms with van der Waals surface area (Å²) in [5, 5.41) is 9.88. The molecule has 1 aromatic heterocycles. The Bertz CT molecular complexity index is 586. The van der Waals surface area contributed by atoms with Crippen LogP contribution in [0.2, 0.25) is 0 Å². The minimum Gasteiger partial charge on any atom is -0.412 e. The maximum absolute atomic E-state index is 13.5. The molecule has 0 atom stereocenters. The summed E-state index contributed by atoms with van der Waals surface area (Å²) in [6, 6.07) is 5.98. The van der Waals surface area contributed by atoms with E-state index in [-0.39, 0.29) is 17.3 Å². The van der Waals surface area contributed by atoms with Gasteiger partial charge in [-0.3, -0.25) is 4.79 Å². The van der Waals surface area contributed by atoms with Crippen molar-refractivity contribution in [1.82, 2.24) is 15.5 Å². The van der Waals surface area contributed by atoms with E-state index in [0.29, 0.717) is 19.6 Å². The predicted molar refractivity (Wildman–Crippen MR) is 68.5 cm³/mol. The number of nitrogens with zero attached hydrogens (tertiary/aromatic N) is 2. The highest BCUT2D eigenvalue weighted by Crippen LogP contribution is 2.20. The molecular formula is C13H14FN3O3. The van der Waals surface area contributed by atoms with Crippen LogP contribution < -0.4 is 5.32 Å². The molecule has 0 unspecified atom stereocenters. The molecule has 20 heavy (non-hydrogen) atoms. The Kier molecular flexibility index (Phi) is 4.78. The number of carbonyl (C=O) groups excluding carboxylic acids is 1. The molecule has 0 fully saturated rings. The van der Waals surface area contributed by atoms with Crippen LogP contribution in [-0.2, 0) is 4.74 Å². The first kappa shape index (κ1) is 14.1. The molecule has 0 aliphatic heterocycles. The molecule has 2 rings (SSSR count). The van der Waals surface area contributed by atoms with E-state index in [1.807, 2.05) is 0 Å². The number of aromatic nitrogens is 2. The highest BCUT2D eigenvalue weighted by Gasteiger charge is 2.17. The molecule has 1 aromatic carbocycles. The molecule has 0 aliphatic rings. The number of amides is 1. The van der Waals surface area contributed by atoms with E-state index in [4.69, 9.17) is 9.15 Å². The smallest absolute Gasteiger partial charge is 0.308 e. The van der Waals surface area contributed by atoms with Gasteiger partial charge in [0.25, 0.3) is 5.89 Å². The van der Waals surface area contributed by atoms with Crippen LogP contribution in [-0.4, -0.2) is 36.4 Å². The lowest BCUT2D eigenvalue weighted by molar-refractivity contribution is 0.0914. The van der Waals surface area contributed by atoms with Crippen molar-refractivity contribution >= 4 is 5.91 Å². The molecule has 0 spiro atoms. The summed E-state index contributed by atoms with van der Waals surface area (Å²) >= 11 is 0. The fourth-order valence-corrected chi connectivity index (χ4v) is 1.55. The third kappa shape index (κ3) is 3.39. The number of hydrogen-bond donors (Lipinski definition) is 1. The number of halogens is 1. The van der Waals surface area contributed by atoms with Crippen molar-refractivity contribution in [3.63, 3.8) is 0 Å². The van der Waals surface area contributed by atoms with E-state index in [2.05, 4.69) is 15.5 Å². The van der Waals surface area contributed by atoms with Crippen LogP contribution in [0, 0.1) is 5.82 Å². The Morgan fingerprint density at radius 2 is 2.20 bits per heavy atom. The fourth-order valence-electron chi connectivity index (χ4n) is 1.55. The second-order valence-corrected chi connectivity index (χ2v) is 3.99. The molecule has 0 aliphatic carbocycles. The highest BCUT2D eigenvalue weighted by atomic mass is 19.1. The number of methoxy groups -OCH3 is 1. The van der Waals surface area contributed by atoms with Crippen LogP contribution in [0.1, 0.15) is 17.1 Å². The van der Waals surface area contributed by atoms with Crippen LogP contribution >= 0.6 is 0 Å². The van der Waals surface area contributed by atoms with Gasteiger partial charge in [0.05, 0.1) is 5.56 Å². The molecule has 6 nitrogen and oxygen atoms in total. The zero-order valence-electron chi connectivity index (χ0n) is 10.9. The summed E-state index contributed by atoms with van der Waals surface area (Å²) in [6.07, 6.45) is 0.677. The topological polar surface area (TPSA) is 77.2 Å². The fraction of sp³-hybridized carbons (Fsp3) is 0.308. The molecule has 1 amide bonds. The first-order chi connectivity index (χ1) is 9.72. The van der Waals surface area contributed by atoms with Gasteiger partial charge < -0.3 is 14.5 Å². The van der Waals surface area contributed by atoms with Crippen molar-refractivity contribution in [3.8, 4) is 11.5 Å². The van der Waals surface area contributed by atoms with Crippen LogP contribution in [0.5, 0.6) is 0 Å². The van der Waals surface area contributed by atoms with E-state index in [9.17, 15) is 9.18 Å². The summed E-state index contributed by atoms with van der Waals surface area (Å²) < 4.78 is 23.6. The monoisotopic (exact) mass is 279 g/mol. The van der Waals surface area contributed by atoms with Gasteiger partial charge in [-0.25, -0.2) is 4.39 Å². The minimum absolute atomic E-state index is 0.0230. The first-order valence-corrected chi connectivity index (χ1v) is 6.08. The number of nitrogens with one attached hydrogen (secondary N) is 1. The average molecular weight is 279 g/mol. The normalized spacial score (nSPS) is 10.5. The van der Waals surface area contributed by atoms with Gasteiger partial charge in [-0.15, -0.1) is 10.2 Å². The summed E-state index contributed by atoms with van der Waals surface area (Å²) in [6.45, 7) is 0.981. The Labute approximate surface area is 115 Å². The zero-order chi connectivity index (χ0) is 14.4. The van der Waals surface area contributed by atoms with E-state index >= 15 is 0 Å².